The SMILES string of the molecule is COc1ccc(C(C)(C)C)cc1NC(=O)Nc1ccc(-c2ccc(CN3CCNC(=O)C3)nc2)c2ccccc12. The number of nitrogens with one attached hydrogen (secondary N) is 3. The smallest absolute Gasteiger partial charge is 0.323 e. The molecule has 0 saturated carbocycles. The van der Waals surface area contributed by atoms with Gasteiger partial charge in [-0.05, 0) is 46.2 Å². The van der Waals surface area contributed by atoms with Crippen LogP contribution in [0.4, 0.5) is 16.2 Å². The molecule has 4 aromatic rings. The van der Waals surface area contributed by atoms with Gasteiger partial charge in [0.05, 0.1) is 30.7 Å². The Kier molecular flexibility index (Phi) is 7.71. The van der Waals surface area contributed by atoms with Gasteiger partial charge in [-0.15, -0.1) is 0 Å². The lowest BCUT2D eigenvalue weighted by Crippen LogP contribution is -2.47. The van der Waals surface area contributed by atoms with Crippen LogP contribution in [0.5, 0.6) is 5.75 Å². The molecule has 3 N–H and O–H groups in total. The number of carbonyl (C=O) groups excluding carboxylic acids is 2. The number of hydrogen-bond donors (Lipinski definition) is 3. The van der Waals surface area contributed by atoms with Crippen LogP contribution < -0.4 is 20.7 Å². The number of anilines is 2. The molecule has 0 radical (unpaired) electrons. The number of pyridine rings is 1. The van der Waals surface area contributed by atoms with Crippen molar-refractivity contribution in [2.75, 3.05) is 37.4 Å². The van der Waals surface area contributed by atoms with Gasteiger partial charge in [0.1, 0.15) is 5.75 Å². The van der Waals surface area contributed by atoms with E-state index in [-0.39, 0.29) is 17.4 Å². The van der Waals surface area contributed by atoms with Crippen LogP contribution >= 0.6 is 0 Å². The molecule has 3 amide bonds. The normalized spacial score (nSPS) is 14.1. The predicted molar refractivity (Wildman–Crippen MR) is 160 cm³/mol. The zero-order valence-electron chi connectivity index (χ0n) is 23.4. The summed E-state index contributed by atoms with van der Waals surface area (Å²) in [4.78, 5) is 31.6. The van der Waals surface area contributed by atoms with Crippen molar-refractivity contribution in [2.45, 2.75) is 32.7 Å². The molecule has 0 spiro atoms. The van der Waals surface area contributed by atoms with E-state index in [9.17, 15) is 9.59 Å². The number of piperazine rings is 1. The first-order valence-corrected chi connectivity index (χ1v) is 13.4. The average molecular weight is 538 g/mol. The summed E-state index contributed by atoms with van der Waals surface area (Å²) in [6, 6.07) is 21.5. The summed E-state index contributed by atoms with van der Waals surface area (Å²) < 4.78 is 5.49. The third-order valence-corrected chi connectivity index (χ3v) is 7.12. The number of benzene rings is 3. The Hall–Kier alpha value is -4.43. The van der Waals surface area contributed by atoms with Gasteiger partial charge in [-0.1, -0.05) is 63.2 Å². The van der Waals surface area contributed by atoms with Gasteiger partial charge in [0.25, 0.3) is 0 Å². The van der Waals surface area contributed by atoms with Crippen molar-refractivity contribution in [3.05, 3.63) is 84.2 Å². The molecule has 1 aliphatic rings. The second-order valence-corrected chi connectivity index (χ2v) is 11.0. The summed E-state index contributed by atoms with van der Waals surface area (Å²) in [5.74, 6) is 0.650. The molecule has 206 valence electrons. The van der Waals surface area contributed by atoms with Gasteiger partial charge >= 0.3 is 6.03 Å². The third kappa shape index (κ3) is 6.07. The maximum Gasteiger partial charge on any atom is 0.323 e. The van der Waals surface area contributed by atoms with Crippen molar-refractivity contribution in [2.24, 2.45) is 0 Å². The monoisotopic (exact) mass is 537 g/mol. The minimum absolute atomic E-state index is 0.0503. The van der Waals surface area contributed by atoms with E-state index in [2.05, 4.69) is 52.7 Å². The maximum atomic E-state index is 13.1. The Balaban J connectivity index is 1.36. The molecule has 0 bridgehead atoms. The first kappa shape index (κ1) is 27.1. The first-order chi connectivity index (χ1) is 19.2. The summed E-state index contributed by atoms with van der Waals surface area (Å²) >= 11 is 0. The molecule has 1 aliphatic heterocycles. The molecule has 8 heteroatoms. The number of rotatable bonds is 6. The number of hydrogen-bond acceptors (Lipinski definition) is 5. The van der Waals surface area contributed by atoms with E-state index in [0.29, 0.717) is 36.8 Å². The van der Waals surface area contributed by atoms with Crippen LogP contribution in [0.15, 0.2) is 72.9 Å². The molecule has 2 heterocycles. The van der Waals surface area contributed by atoms with E-state index in [1.807, 2.05) is 66.9 Å². The highest BCUT2D eigenvalue weighted by Gasteiger charge is 2.19. The maximum absolute atomic E-state index is 13.1. The van der Waals surface area contributed by atoms with Gasteiger partial charge in [-0.2, -0.15) is 0 Å². The molecule has 8 nitrogen and oxygen atoms in total. The quantitative estimate of drug-likeness (QED) is 0.290. The van der Waals surface area contributed by atoms with Crippen LogP contribution in [0.3, 0.4) is 0 Å². The molecule has 5 rings (SSSR count). The topological polar surface area (TPSA) is 95.6 Å². The summed E-state index contributed by atoms with van der Waals surface area (Å²) in [6.45, 7) is 8.90. The lowest BCUT2D eigenvalue weighted by atomic mass is 9.87. The molecule has 0 unspecified atom stereocenters. The average Bonchev–Trinajstić information content (AvgIpc) is 2.93. The number of methoxy groups -OCH3 is 1. The summed E-state index contributed by atoms with van der Waals surface area (Å²) in [6.07, 6.45) is 1.87. The summed E-state index contributed by atoms with van der Waals surface area (Å²) in [5, 5.41) is 10.8. The largest absolute Gasteiger partial charge is 0.495 e. The van der Waals surface area contributed by atoms with E-state index in [4.69, 9.17) is 4.74 Å². The molecule has 0 aliphatic carbocycles. The fraction of sp³-hybridized carbons (Fsp3) is 0.281. The second-order valence-electron chi connectivity index (χ2n) is 11.0. The Morgan fingerprint density at radius 2 is 1.77 bits per heavy atom. The highest BCUT2D eigenvalue weighted by molar-refractivity contribution is 6.10. The predicted octanol–water partition coefficient (Wildman–Crippen LogP) is 5.78. The highest BCUT2D eigenvalue weighted by Crippen LogP contribution is 2.34. The van der Waals surface area contributed by atoms with E-state index >= 15 is 0 Å². The van der Waals surface area contributed by atoms with Crippen LogP contribution in [0.2, 0.25) is 0 Å². The van der Waals surface area contributed by atoms with Crippen molar-refractivity contribution in [3.8, 4) is 16.9 Å². The Bertz CT molecular complexity index is 1540. The zero-order valence-corrected chi connectivity index (χ0v) is 23.4. The van der Waals surface area contributed by atoms with E-state index < -0.39 is 0 Å². The first-order valence-electron chi connectivity index (χ1n) is 13.4. The Morgan fingerprint density at radius 3 is 2.48 bits per heavy atom. The molecule has 1 aromatic heterocycles. The van der Waals surface area contributed by atoms with Gasteiger partial charge in [0.2, 0.25) is 5.91 Å². The van der Waals surface area contributed by atoms with Gasteiger partial charge in [-0.25, -0.2) is 4.79 Å². The van der Waals surface area contributed by atoms with Gasteiger partial charge in [0.15, 0.2) is 0 Å². The molecule has 1 saturated heterocycles. The fourth-order valence-corrected chi connectivity index (χ4v) is 4.94. The minimum Gasteiger partial charge on any atom is -0.495 e. The fourth-order valence-electron chi connectivity index (χ4n) is 4.94. The van der Waals surface area contributed by atoms with Crippen LogP contribution in [-0.4, -0.2) is 48.6 Å². The van der Waals surface area contributed by atoms with Crippen LogP contribution in [-0.2, 0) is 16.8 Å². The van der Waals surface area contributed by atoms with Crippen molar-refractivity contribution < 1.29 is 14.3 Å². The van der Waals surface area contributed by atoms with E-state index in [1.165, 1.54) is 0 Å². The number of nitrogens with zero attached hydrogens (tertiary/aromatic N) is 2. The van der Waals surface area contributed by atoms with Crippen molar-refractivity contribution in [3.63, 3.8) is 0 Å². The molecule has 40 heavy (non-hydrogen) atoms. The molecule has 1 fully saturated rings. The molecular formula is C32H35N5O3. The van der Waals surface area contributed by atoms with Crippen LogP contribution in [0, 0.1) is 0 Å². The van der Waals surface area contributed by atoms with Crippen molar-refractivity contribution >= 4 is 34.1 Å². The van der Waals surface area contributed by atoms with Crippen LogP contribution in [0.25, 0.3) is 21.9 Å². The standard InChI is InChI=1S/C32H35N5O3/c1-32(2,3)22-10-14-29(40-4)28(17-22)36-31(39)35-27-13-12-24(25-7-5-6-8-26(25)27)21-9-11-23(34-18-21)19-37-16-15-33-30(38)20-37/h5-14,17-18H,15-16,19-20H2,1-4H3,(H,33,38)(H2,35,36,39). The zero-order chi connectivity index (χ0) is 28.3. The molecule has 0 atom stereocenters. The van der Waals surface area contributed by atoms with E-state index in [1.54, 1.807) is 7.11 Å². The number of carbonyl (C=O) groups is 2. The number of fused-ring (bicyclic) bond motifs is 1. The highest BCUT2D eigenvalue weighted by atomic mass is 16.5. The number of aromatic nitrogens is 1. The number of amides is 3. The number of urea groups is 1. The van der Waals surface area contributed by atoms with Crippen molar-refractivity contribution in [1.82, 2.24) is 15.2 Å². The second kappa shape index (κ2) is 11.4. The van der Waals surface area contributed by atoms with Crippen molar-refractivity contribution in [1.29, 1.82) is 0 Å². The molecule has 3 aromatic carbocycles. The van der Waals surface area contributed by atoms with Gasteiger partial charge in [-0.3, -0.25) is 14.7 Å². The minimum atomic E-state index is -0.348. The lowest BCUT2D eigenvalue weighted by Gasteiger charge is -2.26. The van der Waals surface area contributed by atoms with Crippen LogP contribution in [0.1, 0.15) is 32.0 Å². The number of ether oxygens (including phenoxy) is 1. The van der Waals surface area contributed by atoms with Gasteiger partial charge < -0.3 is 20.7 Å². The summed E-state index contributed by atoms with van der Waals surface area (Å²) in [5.41, 5.74) is 5.28. The Labute approximate surface area is 234 Å². The van der Waals surface area contributed by atoms with Gasteiger partial charge in [0, 0.05) is 36.8 Å². The lowest BCUT2D eigenvalue weighted by molar-refractivity contribution is -0.124. The summed E-state index contributed by atoms with van der Waals surface area (Å²) in [7, 11) is 1.59. The molecular weight excluding hydrogens is 502 g/mol. The Morgan fingerprint density at radius 1 is 1.00 bits per heavy atom. The third-order valence-electron chi connectivity index (χ3n) is 7.12. The van der Waals surface area contributed by atoms with E-state index in [0.717, 1.165) is 39.7 Å².